The first-order chi connectivity index (χ1) is 14.4. The maximum atomic E-state index is 12.6. The predicted octanol–water partition coefficient (Wildman–Crippen LogP) is 4.56. The molecule has 0 aliphatic heterocycles. The second-order valence-electron chi connectivity index (χ2n) is 5.97. The van der Waals surface area contributed by atoms with Gasteiger partial charge in [0, 0.05) is 29.2 Å². The van der Waals surface area contributed by atoms with Gasteiger partial charge in [-0.25, -0.2) is 23.1 Å². The van der Waals surface area contributed by atoms with Crippen LogP contribution in [0.15, 0.2) is 78.2 Å². The molecule has 0 aliphatic rings. The van der Waals surface area contributed by atoms with Crippen LogP contribution in [0.2, 0.25) is 10.0 Å². The van der Waals surface area contributed by atoms with E-state index in [9.17, 15) is 8.42 Å². The number of aromatic nitrogens is 4. The lowest BCUT2D eigenvalue weighted by Crippen LogP contribution is -2.13. The van der Waals surface area contributed by atoms with E-state index in [1.807, 2.05) is 0 Å². The molecule has 0 amide bonds. The number of rotatable bonds is 6. The highest BCUT2D eigenvalue weighted by Crippen LogP contribution is 2.28. The summed E-state index contributed by atoms with van der Waals surface area (Å²) in [7, 11) is -3.91. The molecule has 0 spiro atoms. The van der Waals surface area contributed by atoms with E-state index in [0.29, 0.717) is 23.1 Å². The second kappa shape index (κ2) is 8.31. The first kappa shape index (κ1) is 20.1. The van der Waals surface area contributed by atoms with Crippen molar-refractivity contribution < 1.29 is 13.2 Å². The Morgan fingerprint density at radius 3 is 2.53 bits per heavy atom. The Morgan fingerprint density at radius 1 is 1.00 bits per heavy atom. The van der Waals surface area contributed by atoms with Crippen molar-refractivity contribution in [3.05, 3.63) is 83.4 Å². The molecule has 0 saturated carbocycles. The van der Waals surface area contributed by atoms with Crippen molar-refractivity contribution in [3.63, 3.8) is 0 Å². The molecule has 1 N–H and O–H groups in total. The van der Waals surface area contributed by atoms with Crippen molar-refractivity contribution in [1.82, 2.24) is 19.7 Å². The summed E-state index contributed by atoms with van der Waals surface area (Å²) < 4.78 is 34.9. The highest BCUT2D eigenvalue weighted by molar-refractivity contribution is 7.92. The van der Waals surface area contributed by atoms with E-state index >= 15 is 0 Å². The van der Waals surface area contributed by atoms with Crippen molar-refractivity contribution in [1.29, 1.82) is 0 Å². The summed E-state index contributed by atoms with van der Waals surface area (Å²) in [6, 6.07) is 14.0. The SMILES string of the molecule is O=S(=O)(Nc1ccc(Oc2cc(-n3cccn3)ncn2)cc1)c1cc(Cl)ccc1Cl. The largest absolute Gasteiger partial charge is 0.439 e. The van der Waals surface area contributed by atoms with Crippen LogP contribution in [-0.2, 0) is 10.0 Å². The molecule has 4 aromatic rings. The van der Waals surface area contributed by atoms with Crippen LogP contribution in [0.4, 0.5) is 5.69 Å². The topological polar surface area (TPSA) is 99.0 Å². The van der Waals surface area contributed by atoms with Crippen LogP contribution < -0.4 is 9.46 Å². The second-order valence-corrected chi connectivity index (χ2v) is 8.47. The molecule has 8 nitrogen and oxygen atoms in total. The van der Waals surface area contributed by atoms with Gasteiger partial charge >= 0.3 is 0 Å². The fourth-order valence-electron chi connectivity index (χ4n) is 2.52. The Labute approximate surface area is 182 Å². The van der Waals surface area contributed by atoms with Crippen LogP contribution in [0, 0.1) is 0 Å². The Morgan fingerprint density at radius 2 is 1.80 bits per heavy atom. The van der Waals surface area contributed by atoms with Gasteiger partial charge in [0.2, 0.25) is 5.88 Å². The Hall–Kier alpha value is -3.14. The average Bonchev–Trinajstić information content (AvgIpc) is 3.26. The minimum atomic E-state index is -3.91. The van der Waals surface area contributed by atoms with Gasteiger partial charge in [0.15, 0.2) is 5.82 Å². The van der Waals surface area contributed by atoms with Gasteiger partial charge < -0.3 is 4.74 Å². The number of nitrogens with zero attached hydrogens (tertiary/aromatic N) is 4. The molecule has 152 valence electrons. The highest BCUT2D eigenvalue weighted by atomic mass is 35.5. The van der Waals surface area contributed by atoms with Crippen molar-refractivity contribution in [2.75, 3.05) is 4.72 Å². The average molecular weight is 462 g/mol. The number of hydrogen-bond donors (Lipinski definition) is 1. The van der Waals surface area contributed by atoms with E-state index in [-0.39, 0.29) is 14.9 Å². The molecule has 0 fully saturated rings. The molecule has 0 saturated heterocycles. The van der Waals surface area contributed by atoms with Gasteiger partial charge in [-0.15, -0.1) is 0 Å². The lowest BCUT2D eigenvalue weighted by Gasteiger charge is -2.11. The van der Waals surface area contributed by atoms with Gasteiger partial charge in [-0.1, -0.05) is 23.2 Å². The normalized spacial score (nSPS) is 11.3. The third-order valence-corrected chi connectivity index (χ3v) is 5.98. The number of hydrogen-bond acceptors (Lipinski definition) is 6. The standard InChI is InChI=1S/C19H13Cl2N5O3S/c20-13-2-7-16(21)17(10-13)30(27,28)25-14-3-5-15(6-4-14)29-19-11-18(22-12-23-19)26-9-1-8-24-26/h1-12,25H. The van der Waals surface area contributed by atoms with Gasteiger partial charge in [-0.3, -0.25) is 4.72 Å². The van der Waals surface area contributed by atoms with Gasteiger partial charge in [0.05, 0.1) is 5.02 Å². The van der Waals surface area contributed by atoms with E-state index in [2.05, 4.69) is 19.8 Å². The summed E-state index contributed by atoms with van der Waals surface area (Å²) in [6.07, 6.45) is 4.75. The molecular formula is C19H13Cl2N5O3S. The number of nitrogens with one attached hydrogen (secondary N) is 1. The van der Waals surface area contributed by atoms with Crippen molar-refractivity contribution >= 4 is 38.9 Å². The molecule has 4 rings (SSSR count). The fourth-order valence-corrected chi connectivity index (χ4v) is 4.34. The van der Waals surface area contributed by atoms with E-state index in [1.54, 1.807) is 53.5 Å². The molecule has 0 bridgehead atoms. The van der Waals surface area contributed by atoms with Crippen molar-refractivity contribution in [3.8, 4) is 17.4 Å². The molecule has 0 unspecified atom stereocenters. The third-order valence-electron chi connectivity index (χ3n) is 3.88. The first-order valence-electron chi connectivity index (χ1n) is 8.48. The van der Waals surface area contributed by atoms with E-state index in [0.717, 1.165) is 0 Å². The molecule has 11 heteroatoms. The monoisotopic (exact) mass is 461 g/mol. The first-order valence-corrected chi connectivity index (χ1v) is 10.7. The molecular weight excluding hydrogens is 449 g/mol. The molecule has 2 aromatic carbocycles. The minimum Gasteiger partial charge on any atom is -0.439 e. The fraction of sp³-hybridized carbons (Fsp3) is 0. The summed E-state index contributed by atoms with van der Waals surface area (Å²) in [6.45, 7) is 0. The van der Waals surface area contributed by atoms with Crippen LogP contribution in [0.3, 0.4) is 0 Å². The summed E-state index contributed by atoms with van der Waals surface area (Å²) in [5.41, 5.74) is 0.332. The van der Waals surface area contributed by atoms with Crippen LogP contribution in [0.25, 0.3) is 5.82 Å². The quantitative estimate of drug-likeness (QED) is 0.451. The number of halogens is 2. The zero-order chi connectivity index (χ0) is 21.1. The van der Waals surface area contributed by atoms with E-state index < -0.39 is 10.0 Å². The Kier molecular flexibility index (Phi) is 5.58. The summed E-state index contributed by atoms with van der Waals surface area (Å²) in [4.78, 5) is 8.10. The molecule has 0 aliphatic carbocycles. The maximum Gasteiger partial charge on any atom is 0.263 e. The van der Waals surface area contributed by atoms with Crippen LogP contribution in [0.1, 0.15) is 0 Å². The summed E-state index contributed by atoms with van der Waals surface area (Å²) in [5, 5.41) is 4.44. The minimum absolute atomic E-state index is 0.0728. The van der Waals surface area contributed by atoms with Crippen LogP contribution >= 0.6 is 23.2 Å². The number of ether oxygens (including phenoxy) is 1. The van der Waals surface area contributed by atoms with Crippen LogP contribution in [0.5, 0.6) is 11.6 Å². The van der Waals surface area contributed by atoms with E-state index in [4.69, 9.17) is 27.9 Å². The van der Waals surface area contributed by atoms with Crippen molar-refractivity contribution in [2.24, 2.45) is 0 Å². The van der Waals surface area contributed by atoms with Crippen LogP contribution in [-0.4, -0.2) is 28.2 Å². The van der Waals surface area contributed by atoms with Gasteiger partial charge in [0.25, 0.3) is 10.0 Å². The smallest absolute Gasteiger partial charge is 0.263 e. The third kappa shape index (κ3) is 4.54. The highest BCUT2D eigenvalue weighted by Gasteiger charge is 2.18. The number of benzene rings is 2. The summed E-state index contributed by atoms with van der Waals surface area (Å²) in [5.74, 6) is 1.33. The zero-order valence-electron chi connectivity index (χ0n) is 15.1. The zero-order valence-corrected chi connectivity index (χ0v) is 17.4. The lowest BCUT2D eigenvalue weighted by atomic mass is 10.3. The van der Waals surface area contributed by atoms with Crippen molar-refractivity contribution in [2.45, 2.75) is 4.90 Å². The number of sulfonamides is 1. The van der Waals surface area contributed by atoms with Gasteiger partial charge in [-0.2, -0.15) is 5.10 Å². The predicted molar refractivity (Wildman–Crippen MR) is 113 cm³/mol. The van der Waals surface area contributed by atoms with Gasteiger partial charge in [-0.05, 0) is 48.5 Å². The Balaban J connectivity index is 1.50. The molecule has 0 radical (unpaired) electrons. The summed E-state index contributed by atoms with van der Waals surface area (Å²) >= 11 is 11.9. The molecule has 2 aromatic heterocycles. The Bertz CT molecular complexity index is 1280. The van der Waals surface area contributed by atoms with Gasteiger partial charge in [0.1, 0.15) is 17.0 Å². The number of anilines is 1. The molecule has 2 heterocycles. The van der Waals surface area contributed by atoms with E-state index in [1.165, 1.54) is 24.5 Å². The molecule has 30 heavy (non-hydrogen) atoms. The lowest BCUT2D eigenvalue weighted by molar-refractivity contribution is 0.460. The maximum absolute atomic E-state index is 12.6. The molecule has 0 atom stereocenters.